The Hall–Kier alpha value is -10.8. The molecule has 0 N–H and O–H groups in total. The molecule has 87 heavy (non-hydrogen) atoms. The number of fused-ring (bicyclic) bond motifs is 3. The second-order valence-corrected chi connectivity index (χ2v) is 21.8. The van der Waals surface area contributed by atoms with Gasteiger partial charge >= 0.3 is 0 Å². The molecule has 1 aliphatic carbocycles. The summed E-state index contributed by atoms with van der Waals surface area (Å²) >= 11 is 0. The van der Waals surface area contributed by atoms with Crippen LogP contribution in [0.15, 0.2) is 316 Å². The van der Waals surface area contributed by atoms with Crippen molar-refractivity contribution in [3.05, 3.63) is 373 Å². The van der Waals surface area contributed by atoms with E-state index in [1.165, 1.54) is 63.2 Å². The number of ether oxygens (including phenoxy) is 2. The van der Waals surface area contributed by atoms with Gasteiger partial charge in [-0.3, -0.25) is 0 Å². The Morgan fingerprint density at radius 2 is 0.736 bits per heavy atom. The Bertz CT molecular complexity index is 4360. The zero-order valence-corrected chi connectivity index (χ0v) is 48.1. The van der Waals surface area contributed by atoms with Gasteiger partial charge in [-0.15, -0.1) is 0 Å². The van der Waals surface area contributed by atoms with E-state index in [4.69, 9.17) is 9.47 Å². The molecule has 0 aliphatic heterocycles. The van der Waals surface area contributed by atoms with E-state index in [-0.39, 0.29) is 11.6 Å². The predicted molar refractivity (Wildman–Crippen MR) is 354 cm³/mol. The minimum Gasteiger partial charge on any atom is -0.490 e. The molecule has 0 radical (unpaired) electrons. The maximum absolute atomic E-state index is 14.8. The van der Waals surface area contributed by atoms with E-state index >= 15 is 0 Å². The summed E-state index contributed by atoms with van der Waals surface area (Å²) in [4.78, 5) is 4.40. The fourth-order valence-corrected chi connectivity index (χ4v) is 12.5. The van der Waals surface area contributed by atoms with Gasteiger partial charge in [-0.05, 0) is 212 Å². The average molecular weight is 1130 g/mol. The van der Waals surface area contributed by atoms with Crippen LogP contribution in [0.4, 0.5) is 42.9 Å². The van der Waals surface area contributed by atoms with Gasteiger partial charge in [0.25, 0.3) is 0 Å². The molecular formula is C81H62F2N2O2. The van der Waals surface area contributed by atoms with Gasteiger partial charge in [-0.25, -0.2) is 8.78 Å². The molecule has 422 valence electrons. The summed E-state index contributed by atoms with van der Waals surface area (Å²) < 4.78 is 41.3. The molecule has 0 bridgehead atoms. The van der Waals surface area contributed by atoms with Crippen LogP contribution in [0.2, 0.25) is 0 Å². The number of anilines is 6. The molecule has 6 heteroatoms. The summed E-state index contributed by atoms with van der Waals surface area (Å²) in [7, 11) is 0. The van der Waals surface area contributed by atoms with Crippen molar-refractivity contribution >= 4 is 34.1 Å². The van der Waals surface area contributed by atoms with Crippen LogP contribution >= 0.6 is 0 Å². The van der Waals surface area contributed by atoms with Gasteiger partial charge in [0.1, 0.15) is 36.3 Å². The summed E-state index contributed by atoms with van der Waals surface area (Å²) in [5.41, 5.74) is 20.7. The molecule has 0 fully saturated rings. The van der Waals surface area contributed by atoms with Crippen LogP contribution in [-0.4, -0.2) is 13.2 Å². The molecule has 0 spiro atoms. The number of nitrogens with zero attached hydrogens (tertiary/aromatic N) is 2. The fraction of sp³-hybridized carbons (Fsp3) is 0.0617. The minimum absolute atomic E-state index is 0.301. The molecule has 0 aromatic heterocycles. The second-order valence-electron chi connectivity index (χ2n) is 21.8. The van der Waals surface area contributed by atoms with Crippen molar-refractivity contribution in [1.29, 1.82) is 0 Å². The van der Waals surface area contributed by atoms with Crippen LogP contribution in [0.25, 0.3) is 33.4 Å². The normalized spacial score (nSPS) is 13.0. The van der Waals surface area contributed by atoms with Crippen LogP contribution in [0.5, 0.6) is 11.5 Å². The van der Waals surface area contributed by atoms with Crippen LogP contribution in [0, 0.1) is 11.6 Å². The molecule has 0 saturated heterocycles. The number of rotatable bonds is 20. The van der Waals surface area contributed by atoms with Crippen molar-refractivity contribution in [2.24, 2.45) is 0 Å². The van der Waals surface area contributed by atoms with Gasteiger partial charge in [-0.2, -0.15) is 0 Å². The highest BCUT2D eigenvalue weighted by Gasteiger charge is 2.46. The molecule has 1 atom stereocenters. The van der Waals surface area contributed by atoms with Crippen molar-refractivity contribution in [1.82, 2.24) is 0 Å². The van der Waals surface area contributed by atoms with E-state index < -0.39 is 5.41 Å². The number of hydrogen-bond donors (Lipinski definition) is 0. The van der Waals surface area contributed by atoms with Crippen LogP contribution < -0.4 is 19.3 Å². The maximum Gasteiger partial charge on any atom is 0.123 e. The van der Waals surface area contributed by atoms with Crippen LogP contribution in [-0.2, 0) is 18.3 Å². The number of halogens is 2. The quantitative estimate of drug-likeness (QED) is 0.0710. The third-order valence-corrected chi connectivity index (χ3v) is 16.5. The van der Waals surface area contributed by atoms with Gasteiger partial charge < -0.3 is 19.3 Å². The number of hydrogen-bond acceptors (Lipinski definition) is 4. The van der Waals surface area contributed by atoms with E-state index in [1.807, 2.05) is 48.5 Å². The van der Waals surface area contributed by atoms with Gasteiger partial charge in [0, 0.05) is 34.1 Å². The van der Waals surface area contributed by atoms with Crippen molar-refractivity contribution < 1.29 is 18.3 Å². The lowest BCUT2D eigenvalue weighted by molar-refractivity contribution is 0.363. The summed E-state index contributed by atoms with van der Waals surface area (Å²) in [6.45, 7) is 8.50. The molecular weight excluding hydrogens is 1070 g/mol. The summed E-state index contributed by atoms with van der Waals surface area (Å²) in [6, 6.07) is 99.3. The first-order valence-corrected chi connectivity index (χ1v) is 29.4. The Morgan fingerprint density at radius 3 is 1.30 bits per heavy atom. The molecule has 0 heterocycles. The van der Waals surface area contributed by atoms with Crippen LogP contribution in [0.1, 0.15) is 44.5 Å². The summed E-state index contributed by atoms with van der Waals surface area (Å²) in [5, 5.41) is 0. The monoisotopic (exact) mass is 1130 g/mol. The average Bonchev–Trinajstić information content (AvgIpc) is 1.66. The highest BCUT2D eigenvalue weighted by Crippen LogP contribution is 2.57. The van der Waals surface area contributed by atoms with Crippen molar-refractivity contribution in [2.45, 2.75) is 18.3 Å². The highest BCUT2D eigenvalue weighted by molar-refractivity contribution is 5.90. The topological polar surface area (TPSA) is 24.9 Å². The number of benzene rings is 12. The van der Waals surface area contributed by atoms with Crippen molar-refractivity contribution in [3.63, 3.8) is 0 Å². The summed E-state index contributed by atoms with van der Waals surface area (Å²) in [6.07, 6.45) is 4.95. The fourth-order valence-electron chi connectivity index (χ4n) is 12.5. The Labute approximate surface area is 508 Å². The first kappa shape index (κ1) is 55.4. The van der Waals surface area contributed by atoms with Crippen molar-refractivity contribution in [3.8, 4) is 44.9 Å². The lowest BCUT2D eigenvalue weighted by atomic mass is 9.67. The largest absolute Gasteiger partial charge is 0.490 e. The summed E-state index contributed by atoms with van der Waals surface area (Å²) in [5.74, 6) is 0.980. The zero-order chi connectivity index (χ0) is 59.1. The molecule has 4 nitrogen and oxygen atoms in total. The lowest BCUT2D eigenvalue weighted by Gasteiger charge is -2.35. The van der Waals surface area contributed by atoms with E-state index in [9.17, 15) is 8.78 Å². The third kappa shape index (κ3) is 11.2. The Balaban J connectivity index is 0.854. The Morgan fingerprint density at radius 1 is 0.333 bits per heavy atom. The van der Waals surface area contributed by atoms with Crippen LogP contribution in [0.3, 0.4) is 0 Å². The van der Waals surface area contributed by atoms with Gasteiger partial charge in [0.2, 0.25) is 0 Å². The zero-order valence-electron chi connectivity index (χ0n) is 48.1. The van der Waals surface area contributed by atoms with Gasteiger partial charge in [-0.1, -0.05) is 195 Å². The van der Waals surface area contributed by atoms with E-state index in [1.54, 1.807) is 12.2 Å². The third-order valence-electron chi connectivity index (χ3n) is 16.5. The SMILES string of the molecule is C=CCOc1ccc(Cc2ccccc2-c2ccc(N(c3ccc(F)cc3)c3ccc(-c4ccc(N(c5ccc(F)cc5)c5ccc6c(c5)C(c5ccccc5)(c5ccc(OCC=C)cc5)c5ccccc5-6)cc4)cc3)cc2Cc2ccccc2)cc1. The van der Waals surface area contributed by atoms with Gasteiger partial charge in [0.15, 0.2) is 0 Å². The molecule has 12 aromatic carbocycles. The van der Waals surface area contributed by atoms with E-state index in [0.717, 1.165) is 91.0 Å². The first-order valence-electron chi connectivity index (χ1n) is 29.4. The Kier molecular flexibility index (Phi) is 15.8. The molecule has 0 amide bonds. The van der Waals surface area contributed by atoms with E-state index in [2.05, 4.69) is 241 Å². The molecule has 13 rings (SSSR count). The minimum atomic E-state index is -0.673. The van der Waals surface area contributed by atoms with Gasteiger partial charge in [0.05, 0.1) is 5.41 Å². The van der Waals surface area contributed by atoms with Crippen molar-refractivity contribution in [2.75, 3.05) is 23.0 Å². The molecule has 1 aliphatic rings. The van der Waals surface area contributed by atoms with E-state index in [0.29, 0.717) is 19.6 Å². The molecule has 1 unspecified atom stereocenters. The lowest BCUT2D eigenvalue weighted by Crippen LogP contribution is -2.28. The smallest absolute Gasteiger partial charge is 0.123 e. The first-order chi connectivity index (χ1) is 42.8. The second kappa shape index (κ2) is 24.8. The predicted octanol–water partition coefficient (Wildman–Crippen LogP) is 20.9. The maximum atomic E-state index is 14.8. The molecule has 0 saturated carbocycles. The highest BCUT2D eigenvalue weighted by atomic mass is 19.1. The standard InChI is InChI=1S/C81H62F2N2O2/c1-3-51-86-73-45-23-58(24-46-73)53-61-17-11-12-20-75(61)76-49-43-71(55-62(76)54-57-15-7-5-8-16-57)84(69-39-31-65(82)32-40-69)67-35-25-59(26-36-67)60-27-37-68(38-28-60)85(70-41-33-66(83)34-42-70)72-44-50-78-77-21-13-14-22-79(77)81(80(78)56-72,63-18-9-6-10-19-63)64-29-47-74(48-30-64)87-52-4-2/h3-50,55-56H,1-2,51-54H2. The molecule has 12 aromatic rings.